The van der Waals surface area contributed by atoms with E-state index in [4.69, 9.17) is 14.7 Å². The third-order valence-electron chi connectivity index (χ3n) is 2.88. The Morgan fingerprint density at radius 3 is 2.40 bits per heavy atom. The number of hydrogen-bond donors (Lipinski definition) is 0. The zero-order chi connectivity index (χ0) is 14.4. The molecular weight excluding hydrogens is 257 g/mol. The van der Waals surface area contributed by atoms with Crippen LogP contribution in [0.4, 0.5) is 4.39 Å². The monoisotopic (exact) mass is 271 g/mol. The molecule has 0 N–H and O–H groups in total. The lowest BCUT2D eigenvalue weighted by Gasteiger charge is -2.07. The summed E-state index contributed by atoms with van der Waals surface area (Å²) >= 11 is 0. The van der Waals surface area contributed by atoms with Crippen LogP contribution in [0.1, 0.15) is 11.1 Å². The lowest BCUT2D eigenvalue weighted by atomic mass is 10.1. The van der Waals surface area contributed by atoms with E-state index in [1.54, 1.807) is 19.2 Å². The van der Waals surface area contributed by atoms with Crippen LogP contribution >= 0.6 is 0 Å². The van der Waals surface area contributed by atoms with Crippen molar-refractivity contribution < 1.29 is 13.9 Å². The number of rotatable bonds is 5. The first-order chi connectivity index (χ1) is 9.72. The van der Waals surface area contributed by atoms with E-state index in [0.717, 1.165) is 11.3 Å². The van der Waals surface area contributed by atoms with Gasteiger partial charge in [-0.25, -0.2) is 4.39 Å². The molecule has 2 aromatic rings. The summed E-state index contributed by atoms with van der Waals surface area (Å²) in [7, 11) is 1.62. The summed E-state index contributed by atoms with van der Waals surface area (Å²) in [6.45, 7) is 0.442. The molecule has 0 atom stereocenters. The van der Waals surface area contributed by atoms with E-state index in [0.29, 0.717) is 18.8 Å². The molecule has 0 heterocycles. The van der Waals surface area contributed by atoms with Gasteiger partial charge in [-0.3, -0.25) is 0 Å². The van der Waals surface area contributed by atoms with Gasteiger partial charge in [0.1, 0.15) is 23.4 Å². The minimum Gasteiger partial charge on any atom is -0.497 e. The van der Waals surface area contributed by atoms with Gasteiger partial charge >= 0.3 is 0 Å². The van der Waals surface area contributed by atoms with Crippen LogP contribution in [-0.4, -0.2) is 13.7 Å². The Kier molecular flexibility index (Phi) is 4.56. The molecule has 0 unspecified atom stereocenters. The van der Waals surface area contributed by atoms with Crippen LogP contribution < -0.4 is 9.47 Å². The second-order valence-electron chi connectivity index (χ2n) is 4.20. The van der Waals surface area contributed by atoms with Gasteiger partial charge in [-0.1, -0.05) is 12.1 Å². The van der Waals surface area contributed by atoms with Crippen molar-refractivity contribution in [1.29, 1.82) is 5.26 Å². The first-order valence-electron chi connectivity index (χ1n) is 6.18. The SMILES string of the molecule is COc1ccc(CCOc2ccc(C#N)c(F)c2)cc1. The molecule has 0 aromatic heterocycles. The second-order valence-corrected chi connectivity index (χ2v) is 4.20. The zero-order valence-electron chi connectivity index (χ0n) is 11.1. The number of halogens is 1. The molecule has 0 spiro atoms. The van der Waals surface area contributed by atoms with Gasteiger partial charge in [0.15, 0.2) is 0 Å². The molecule has 0 saturated heterocycles. The second kappa shape index (κ2) is 6.58. The smallest absolute Gasteiger partial charge is 0.144 e. The summed E-state index contributed by atoms with van der Waals surface area (Å²) in [5.74, 6) is 0.674. The van der Waals surface area contributed by atoms with Crippen molar-refractivity contribution in [3.05, 3.63) is 59.4 Å². The summed E-state index contributed by atoms with van der Waals surface area (Å²) in [5, 5.41) is 8.64. The summed E-state index contributed by atoms with van der Waals surface area (Å²) in [5.41, 5.74) is 1.13. The molecule has 3 nitrogen and oxygen atoms in total. The molecule has 0 radical (unpaired) electrons. The Bertz CT molecular complexity index is 617. The Morgan fingerprint density at radius 2 is 1.80 bits per heavy atom. The van der Waals surface area contributed by atoms with Gasteiger partial charge in [0, 0.05) is 12.5 Å². The molecule has 2 rings (SSSR count). The molecule has 4 heteroatoms. The third kappa shape index (κ3) is 3.48. The molecule has 0 aliphatic carbocycles. The van der Waals surface area contributed by atoms with Crippen molar-refractivity contribution in [1.82, 2.24) is 0 Å². The number of methoxy groups -OCH3 is 1. The van der Waals surface area contributed by atoms with E-state index in [9.17, 15) is 4.39 Å². The van der Waals surface area contributed by atoms with Crippen LogP contribution in [0.2, 0.25) is 0 Å². The van der Waals surface area contributed by atoms with Gasteiger partial charge in [-0.2, -0.15) is 5.26 Å². The van der Waals surface area contributed by atoms with Crippen molar-refractivity contribution in [2.24, 2.45) is 0 Å². The lowest BCUT2D eigenvalue weighted by Crippen LogP contribution is -2.02. The lowest BCUT2D eigenvalue weighted by molar-refractivity contribution is 0.320. The molecule has 0 bridgehead atoms. The average molecular weight is 271 g/mol. The number of ether oxygens (including phenoxy) is 2. The molecule has 0 amide bonds. The fourth-order valence-corrected chi connectivity index (χ4v) is 1.76. The number of benzene rings is 2. The number of hydrogen-bond acceptors (Lipinski definition) is 3. The first-order valence-corrected chi connectivity index (χ1v) is 6.18. The number of nitriles is 1. The van der Waals surface area contributed by atoms with Crippen LogP contribution in [-0.2, 0) is 6.42 Å². The maximum absolute atomic E-state index is 13.4. The van der Waals surface area contributed by atoms with Crippen molar-refractivity contribution in [3.8, 4) is 17.6 Å². The summed E-state index contributed by atoms with van der Waals surface area (Å²) in [4.78, 5) is 0. The Balaban J connectivity index is 1.89. The van der Waals surface area contributed by atoms with E-state index >= 15 is 0 Å². The van der Waals surface area contributed by atoms with Crippen LogP contribution in [0.3, 0.4) is 0 Å². The van der Waals surface area contributed by atoms with Gasteiger partial charge in [0.25, 0.3) is 0 Å². The zero-order valence-corrected chi connectivity index (χ0v) is 11.1. The van der Waals surface area contributed by atoms with Crippen molar-refractivity contribution in [2.45, 2.75) is 6.42 Å². The van der Waals surface area contributed by atoms with Gasteiger partial charge in [-0.15, -0.1) is 0 Å². The maximum atomic E-state index is 13.4. The summed E-state index contributed by atoms with van der Waals surface area (Å²) < 4.78 is 23.9. The summed E-state index contributed by atoms with van der Waals surface area (Å²) in [6, 6.07) is 13.7. The Hall–Kier alpha value is -2.54. The van der Waals surface area contributed by atoms with Crippen molar-refractivity contribution in [2.75, 3.05) is 13.7 Å². The first kappa shape index (κ1) is 13.9. The van der Waals surface area contributed by atoms with Gasteiger partial charge < -0.3 is 9.47 Å². The third-order valence-corrected chi connectivity index (χ3v) is 2.88. The predicted octanol–water partition coefficient (Wildman–Crippen LogP) is 3.33. The van der Waals surface area contributed by atoms with Crippen LogP contribution in [0, 0.1) is 17.1 Å². The highest BCUT2D eigenvalue weighted by Gasteiger charge is 2.03. The predicted molar refractivity (Wildman–Crippen MR) is 73.3 cm³/mol. The van der Waals surface area contributed by atoms with Gasteiger partial charge in [-0.05, 0) is 29.8 Å². The molecule has 102 valence electrons. The minimum atomic E-state index is -0.561. The molecule has 0 aliphatic rings. The standard InChI is InChI=1S/C16H14FNO2/c1-19-14-5-2-12(3-6-14)8-9-20-15-7-4-13(11-18)16(17)10-15/h2-7,10H,8-9H2,1H3. The summed E-state index contributed by atoms with van der Waals surface area (Å²) in [6.07, 6.45) is 0.714. The highest BCUT2D eigenvalue weighted by Crippen LogP contribution is 2.17. The quantitative estimate of drug-likeness (QED) is 0.837. The molecule has 0 fully saturated rings. The topological polar surface area (TPSA) is 42.2 Å². The molecule has 20 heavy (non-hydrogen) atoms. The Labute approximate surface area is 117 Å². The largest absolute Gasteiger partial charge is 0.497 e. The van der Waals surface area contributed by atoms with Crippen molar-refractivity contribution >= 4 is 0 Å². The highest BCUT2D eigenvalue weighted by atomic mass is 19.1. The molecular formula is C16H14FNO2. The minimum absolute atomic E-state index is 0.0208. The van der Waals surface area contributed by atoms with E-state index < -0.39 is 5.82 Å². The molecule has 2 aromatic carbocycles. The van der Waals surface area contributed by atoms with Crippen LogP contribution in [0.25, 0.3) is 0 Å². The number of nitrogens with zero attached hydrogens (tertiary/aromatic N) is 1. The Morgan fingerprint density at radius 1 is 1.10 bits per heavy atom. The normalized spacial score (nSPS) is 9.85. The van der Waals surface area contributed by atoms with Crippen molar-refractivity contribution in [3.63, 3.8) is 0 Å². The molecule has 0 aliphatic heterocycles. The highest BCUT2D eigenvalue weighted by molar-refractivity contribution is 5.36. The molecule has 0 saturated carbocycles. The van der Waals surface area contributed by atoms with E-state index in [1.807, 2.05) is 24.3 Å². The van der Waals surface area contributed by atoms with E-state index in [2.05, 4.69) is 0 Å². The van der Waals surface area contributed by atoms with Crippen LogP contribution in [0.15, 0.2) is 42.5 Å². The van der Waals surface area contributed by atoms with Gasteiger partial charge in [0.2, 0.25) is 0 Å². The van der Waals surface area contributed by atoms with Gasteiger partial charge in [0.05, 0.1) is 19.3 Å². The fraction of sp³-hybridized carbons (Fsp3) is 0.188. The fourth-order valence-electron chi connectivity index (χ4n) is 1.76. The van der Waals surface area contributed by atoms with E-state index in [1.165, 1.54) is 12.1 Å². The maximum Gasteiger partial charge on any atom is 0.144 e. The average Bonchev–Trinajstić information content (AvgIpc) is 2.48. The van der Waals surface area contributed by atoms with E-state index in [-0.39, 0.29) is 5.56 Å². The van der Waals surface area contributed by atoms with Crippen LogP contribution in [0.5, 0.6) is 11.5 Å².